The van der Waals surface area contributed by atoms with E-state index in [0.717, 1.165) is 29.7 Å². The zero-order chi connectivity index (χ0) is 16.4. The second-order valence-electron chi connectivity index (χ2n) is 5.69. The average molecular weight is 319 g/mol. The van der Waals surface area contributed by atoms with Gasteiger partial charge >= 0.3 is 0 Å². The lowest BCUT2D eigenvalue weighted by molar-refractivity contribution is 0.399. The number of methoxy groups -OCH3 is 1. The van der Waals surface area contributed by atoms with Crippen molar-refractivity contribution in [1.82, 2.24) is 15.0 Å². The number of hydrogen-bond donors (Lipinski definition) is 0. The largest absolute Gasteiger partial charge is 0.481 e. The topological polar surface area (TPSA) is 57.1 Å². The van der Waals surface area contributed by atoms with Crippen LogP contribution in [-0.4, -0.2) is 22.1 Å². The number of nitrogens with zero attached hydrogens (tertiary/aromatic N) is 3. The number of pyridine rings is 1. The maximum absolute atomic E-state index is 6.05. The maximum atomic E-state index is 6.05. The van der Waals surface area contributed by atoms with E-state index in [1.54, 1.807) is 19.5 Å². The van der Waals surface area contributed by atoms with Crippen molar-refractivity contribution < 1.29 is 9.47 Å². The van der Waals surface area contributed by atoms with E-state index in [1.807, 2.05) is 18.2 Å². The molecule has 2 heterocycles. The van der Waals surface area contributed by atoms with Gasteiger partial charge in [-0.25, -0.2) is 15.0 Å². The molecule has 0 amide bonds. The van der Waals surface area contributed by atoms with Gasteiger partial charge in [0.15, 0.2) is 0 Å². The molecule has 1 aliphatic carbocycles. The van der Waals surface area contributed by atoms with Crippen molar-refractivity contribution in [3.63, 3.8) is 0 Å². The van der Waals surface area contributed by atoms with Gasteiger partial charge in [-0.15, -0.1) is 0 Å². The summed E-state index contributed by atoms with van der Waals surface area (Å²) in [6.07, 6.45) is 8.36. The summed E-state index contributed by atoms with van der Waals surface area (Å²) in [6, 6.07) is 10.0. The molecule has 0 saturated heterocycles. The molecule has 3 aromatic rings. The normalized spacial score (nSPS) is 12.7. The summed E-state index contributed by atoms with van der Waals surface area (Å²) in [5, 5.41) is 0. The van der Waals surface area contributed by atoms with Crippen LogP contribution in [0, 0.1) is 0 Å². The van der Waals surface area contributed by atoms with Crippen molar-refractivity contribution >= 4 is 0 Å². The molecule has 0 atom stereocenters. The molecular weight excluding hydrogens is 302 g/mol. The van der Waals surface area contributed by atoms with Crippen LogP contribution in [0.3, 0.4) is 0 Å². The van der Waals surface area contributed by atoms with Gasteiger partial charge in [-0.1, -0.05) is 6.07 Å². The summed E-state index contributed by atoms with van der Waals surface area (Å²) >= 11 is 0. The minimum Gasteiger partial charge on any atom is -0.481 e. The molecule has 5 nitrogen and oxygen atoms in total. The minimum absolute atomic E-state index is 0.495. The van der Waals surface area contributed by atoms with Crippen molar-refractivity contribution in [2.24, 2.45) is 0 Å². The first-order valence-corrected chi connectivity index (χ1v) is 7.94. The predicted molar refractivity (Wildman–Crippen MR) is 90.4 cm³/mol. The molecule has 0 bridgehead atoms. The molecule has 120 valence electrons. The molecular formula is C19H17N3O2. The van der Waals surface area contributed by atoms with Crippen LogP contribution in [0.4, 0.5) is 0 Å². The quantitative estimate of drug-likeness (QED) is 0.731. The van der Waals surface area contributed by atoms with Gasteiger partial charge in [-0.2, -0.15) is 0 Å². The molecule has 0 aliphatic heterocycles. The van der Waals surface area contributed by atoms with Crippen LogP contribution >= 0.6 is 0 Å². The predicted octanol–water partition coefficient (Wildman–Crippen LogP) is 3.83. The zero-order valence-electron chi connectivity index (χ0n) is 13.4. The highest BCUT2D eigenvalue weighted by atomic mass is 16.5. The Morgan fingerprint density at radius 2 is 1.88 bits per heavy atom. The first-order valence-electron chi connectivity index (χ1n) is 7.94. The van der Waals surface area contributed by atoms with Crippen LogP contribution in [0.2, 0.25) is 0 Å². The third-order valence-electron chi connectivity index (χ3n) is 4.21. The van der Waals surface area contributed by atoms with Crippen molar-refractivity contribution in [3.05, 3.63) is 60.2 Å². The van der Waals surface area contributed by atoms with Crippen molar-refractivity contribution in [2.75, 3.05) is 7.11 Å². The fraction of sp³-hybridized carbons (Fsp3) is 0.211. The van der Waals surface area contributed by atoms with E-state index in [-0.39, 0.29) is 0 Å². The number of rotatable bonds is 4. The lowest BCUT2D eigenvalue weighted by Crippen LogP contribution is -1.96. The number of hydrogen-bond acceptors (Lipinski definition) is 5. The Kier molecular flexibility index (Phi) is 3.83. The number of benzene rings is 1. The molecule has 2 aromatic heterocycles. The summed E-state index contributed by atoms with van der Waals surface area (Å²) in [7, 11) is 1.59. The lowest BCUT2D eigenvalue weighted by Gasteiger charge is -2.12. The van der Waals surface area contributed by atoms with Crippen LogP contribution in [-0.2, 0) is 12.8 Å². The Balaban J connectivity index is 1.72. The molecule has 0 radical (unpaired) electrons. The highest BCUT2D eigenvalue weighted by Gasteiger charge is 2.16. The van der Waals surface area contributed by atoms with Crippen LogP contribution in [0.5, 0.6) is 17.5 Å². The van der Waals surface area contributed by atoms with Crippen molar-refractivity contribution in [3.8, 4) is 28.6 Å². The van der Waals surface area contributed by atoms with Gasteiger partial charge in [0.25, 0.3) is 0 Å². The maximum Gasteiger partial charge on any atom is 0.230 e. The Bertz CT molecular complexity index is 880. The van der Waals surface area contributed by atoms with E-state index in [0.29, 0.717) is 11.8 Å². The van der Waals surface area contributed by atoms with E-state index in [4.69, 9.17) is 9.47 Å². The summed E-state index contributed by atoms with van der Waals surface area (Å²) in [6.45, 7) is 0. The van der Waals surface area contributed by atoms with E-state index in [2.05, 4.69) is 27.1 Å². The number of fused-ring (bicyclic) bond motifs is 1. The third-order valence-corrected chi connectivity index (χ3v) is 4.21. The highest BCUT2D eigenvalue weighted by molar-refractivity contribution is 5.72. The van der Waals surface area contributed by atoms with Gasteiger partial charge < -0.3 is 9.47 Å². The molecule has 5 heteroatoms. The summed E-state index contributed by atoms with van der Waals surface area (Å²) in [4.78, 5) is 12.7. The Morgan fingerprint density at radius 1 is 0.958 bits per heavy atom. The van der Waals surface area contributed by atoms with E-state index >= 15 is 0 Å². The van der Waals surface area contributed by atoms with Crippen LogP contribution in [0.25, 0.3) is 11.1 Å². The van der Waals surface area contributed by atoms with E-state index in [9.17, 15) is 0 Å². The standard InChI is InChI=1S/C19H17N3O2/c1-23-18-16(6-3-9-21-18)17-11-20-12-22-19(17)24-15-8-7-13-4-2-5-14(13)10-15/h3,6-12H,2,4-5H2,1H3. The minimum atomic E-state index is 0.495. The number of ether oxygens (including phenoxy) is 2. The second-order valence-corrected chi connectivity index (χ2v) is 5.69. The fourth-order valence-corrected chi connectivity index (χ4v) is 3.07. The first kappa shape index (κ1) is 14.6. The van der Waals surface area contributed by atoms with Crippen molar-refractivity contribution in [1.29, 1.82) is 0 Å². The Hall–Kier alpha value is -2.95. The van der Waals surface area contributed by atoms with Crippen LogP contribution < -0.4 is 9.47 Å². The number of aromatic nitrogens is 3. The van der Waals surface area contributed by atoms with Gasteiger partial charge in [-0.3, -0.25) is 0 Å². The molecule has 1 aliphatic rings. The van der Waals surface area contributed by atoms with Gasteiger partial charge in [-0.05, 0) is 54.7 Å². The molecule has 1 aromatic carbocycles. The van der Waals surface area contributed by atoms with Crippen LogP contribution in [0.1, 0.15) is 17.5 Å². The van der Waals surface area contributed by atoms with Gasteiger partial charge in [0.2, 0.25) is 11.8 Å². The summed E-state index contributed by atoms with van der Waals surface area (Å²) in [5.74, 6) is 1.80. The monoisotopic (exact) mass is 319 g/mol. The van der Waals surface area contributed by atoms with Crippen LogP contribution in [0.15, 0.2) is 49.1 Å². The third kappa shape index (κ3) is 2.69. The fourth-order valence-electron chi connectivity index (χ4n) is 3.07. The Labute approximate surface area is 140 Å². The molecule has 4 rings (SSSR count). The Morgan fingerprint density at radius 3 is 2.79 bits per heavy atom. The molecule has 0 unspecified atom stereocenters. The summed E-state index contributed by atoms with van der Waals surface area (Å²) < 4.78 is 11.4. The SMILES string of the molecule is COc1ncccc1-c1cncnc1Oc1ccc2c(c1)CCC2. The smallest absolute Gasteiger partial charge is 0.230 e. The van der Waals surface area contributed by atoms with E-state index in [1.165, 1.54) is 23.9 Å². The van der Waals surface area contributed by atoms with Crippen molar-refractivity contribution in [2.45, 2.75) is 19.3 Å². The highest BCUT2D eigenvalue weighted by Crippen LogP contribution is 2.36. The molecule has 0 fully saturated rings. The van der Waals surface area contributed by atoms with E-state index < -0.39 is 0 Å². The number of aryl methyl sites for hydroxylation is 2. The molecule has 0 saturated carbocycles. The average Bonchev–Trinajstić information content (AvgIpc) is 3.10. The second kappa shape index (κ2) is 6.28. The van der Waals surface area contributed by atoms with Gasteiger partial charge in [0.05, 0.1) is 18.2 Å². The molecule has 24 heavy (non-hydrogen) atoms. The summed E-state index contributed by atoms with van der Waals surface area (Å²) in [5.41, 5.74) is 4.33. The van der Waals surface area contributed by atoms with Gasteiger partial charge in [0, 0.05) is 12.4 Å². The zero-order valence-corrected chi connectivity index (χ0v) is 13.4. The first-order chi connectivity index (χ1) is 11.8. The molecule has 0 spiro atoms. The lowest BCUT2D eigenvalue weighted by atomic mass is 10.1. The molecule has 0 N–H and O–H groups in total. The van der Waals surface area contributed by atoms with Gasteiger partial charge in [0.1, 0.15) is 12.1 Å².